The molecule has 5 heteroatoms. The van der Waals surface area contributed by atoms with Gasteiger partial charge in [0, 0.05) is 12.3 Å². The van der Waals surface area contributed by atoms with Crippen LogP contribution in [0.1, 0.15) is 19.8 Å². The van der Waals surface area contributed by atoms with Gasteiger partial charge in [-0.2, -0.15) is 0 Å². The van der Waals surface area contributed by atoms with E-state index in [1.807, 2.05) is 0 Å². The maximum atomic E-state index is 13.5. The monoisotopic (exact) mass is 256 g/mol. The van der Waals surface area contributed by atoms with Crippen LogP contribution in [0.25, 0.3) is 0 Å². The van der Waals surface area contributed by atoms with Crippen LogP contribution in [0.5, 0.6) is 0 Å². The quantitative estimate of drug-likeness (QED) is 0.812. The third-order valence-electron chi connectivity index (χ3n) is 3.28. The predicted molar refractivity (Wildman–Crippen MR) is 60.8 cm³/mol. The smallest absolute Gasteiger partial charge is 0.184 e. The minimum Gasteiger partial charge on any atom is -0.299 e. The summed E-state index contributed by atoms with van der Waals surface area (Å²) in [5, 5.41) is -0.785. The number of ketones is 1. The number of carbonyl (C=O) groups excluding carboxylic acids is 1. The summed E-state index contributed by atoms with van der Waals surface area (Å²) in [4.78, 5) is 11.1. The van der Waals surface area contributed by atoms with Gasteiger partial charge in [0.25, 0.3) is 0 Å². The summed E-state index contributed by atoms with van der Waals surface area (Å²) in [7, 11) is -3.75. The van der Waals surface area contributed by atoms with E-state index in [2.05, 4.69) is 0 Å². The van der Waals surface area contributed by atoms with E-state index in [1.54, 1.807) is 6.92 Å². The van der Waals surface area contributed by atoms with Crippen molar-refractivity contribution >= 4 is 15.6 Å². The third-order valence-corrected chi connectivity index (χ3v) is 5.67. The van der Waals surface area contributed by atoms with E-state index in [4.69, 9.17) is 0 Å². The van der Waals surface area contributed by atoms with Gasteiger partial charge in [0.15, 0.2) is 9.84 Å². The van der Waals surface area contributed by atoms with Crippen LogP contribution in [0.2, 0.25) is 0 Å². The molecule has 17 heavy (non-hydrogen) atoms. The van der Waals surface area contributed by atoms with Gasteiger partial charge in [-0.15, -0.1) is 0 Å². The summed E-state index contributed by atoms with van der Waals surface area (Å²) >= 11 is 0. The number of Topliss-reactive ketones (excluding diaryl/α,β-unsaturated/α-hetero) is 1. The number of halogens is 1. The molecule has 0 heterocycles. The zero-order valence-corrected chi connectivity index (χ0v) is 10.2. The van der Waals surface area contributed by atoms with Gasteiger partial charge in [-0.05, 0) is 18.6 Å². The molecule has 3 nitrogen and oxygen atoms in total. The molecule has 1 aliphatic carbocycles. The van der Waals surface area contributed by atoms with Crippen LogP contribution >= 0.6 is 0 Å². The van der Waals surface area contributed by atoms with Gasteiger partial charge < -0.3 is 0 Å². The number of benzene rings is 1. The van der Waals surface area contributed by atoms with Crippen LogP contribution < -0.4 is 0 Å². The lowest BCUT2D eigenvalue weighted by Crippen LogP contribution is -2.26. The van der Waals surface area contributed by atoms with Crippen LogP contribution in [-0.4, -0.2) is 19.5 Å². The second-order valence-electron chi connectivity index (χ2n) is 4.31. The van der Waals surface area contributed by atoms with E-state index in [-0.39, 0.29) is 23.5 Å². The highest BCUT2D eigenvalue weighted by Gasteiger charge is 2.41. The minimum atomic E-state index is -3.75. The van der Waals surface area contributed by atoms with Crippen molar-refractivity contribution < 1.29 is 17.6 Å². The van der Waals surface area contributed by atoms with Crippen molar-refractivity contribution in [3.63, 3.8) is 0 Å². The second-order valence-corrected chi connectivity index (χ2v) is 6.44. The third kappa shape index (κ3) is 1.99. The summed E-state index contributed by atoms with van der Waals surface area (Å²) in [6, 6.07) is 5.30. The molecule has 92 valence electrons. The number of hydrogen-bond donors (Lipinski definition) is 0. The standard InChI is InChI=1S/C12H13FO3S/c1-8-10(14)6-7-11(8)17(15,16)12-5-3-2-4-9(12)13/h2-5,8,11H,6-7H2,1H3. The largest absolute Gasteiger partial charge is 0.299 e. The van der Waals surface area contributed by atoms with Crippen molar-refractivity contribution in [2.75, 3.05) is 0 Å². The van der Waals surface area contributed by atoms with E-state index < -0.39 is 26.8 Å². The first-order valence-corrected chi connectivity index (χ1v) is 7.00. The summed E-state index contributed by atoms with van der Waals surface area (Å²) < 4.78 is 37.9. The van der Waals surface area contributed by atoms with Crippen molar-refractivity contribution in [2.24, 2.45) is 5.92 Å². The maximum absolute atomic E-state index is 13.5. The minimum absolute atomic E-state index is 0.0603. The van der Waals surface area contributed by atoms with Crippen molar-refractivity contribution in [1.82, 2.24) is 0 Å². The first-order chi connectivity index (χ1) is 7.94. The van der Waals surface area contributed by atoms with Crippen LogP contribution in [0.15, 0.2) is 29.2 Å². The number of rotatable bonds is 2. The Labute approximate surface area is 99.6 Å². The summed E-state index contributed by atoms with van der Waals surface area (Å²) in [5.41, 5.74) is 0. The lowest BCUT2D eigenvalue weighted by molar-refractivity contribution is -0.120. The Morgan fingerprint density at radius 2 is 1.94 bits per heavy atom. The molecule has 0 amide bonds. The van der Waals surface area contributed by atoms with Crippen molar-refractivity contribution in [3.8, 4) is 0 Å². The van der Waals surface area contributed by atoms with E-state index >= 15 is 0 Å². The fraction of sp³-hybridized carbons (Fsp3) is 0.417. The fourth-order valence-electron chi connectivity index (χ4n) is 2.23. The van der Waals surface area contributed by atoms with Crippen molar-refractivity contribution in [3.05, 3.63) is 30.1 Å². The van der Waals surface area contributed by atoms with E-state index in [0.717, 1.165) is 6.07 Å². The molecule has 0 aliphatic heterocycles. The first-order valence-electron chi connectivity index (χ1n) is 5.45. The molecule has 1 aliphatic rings. The molecule has 0 spiro atoms. The zero-order chi connectivity index (χ0) is 12.6. The van der Waals surface area contributed by atoms with Crippen LogP contribution in [0, 0.1) is 11.7 Å². The van der Waals surface area contributed by atoms with Crippen molar-refractivity contribution in [1.29, 1.82) is 0 Å². The molecular formula is C12H13FO3S. The highest BCUT2D eigenvalue weighted by atomic mass is 32.2. The lowest BCUT2D eigenvalue weighted by atomic mass is 10.1. The first kappa shape index (κ1) is 12.2. The van der Waals surface area contributed by atoms with E-state index in [0.29, 0.717) is 0 Å². The number of sulfone groups is 1. The average molecular weight is 256 g/mol. The van der Waals surface area contributed by atoms with Crippen LogP contribution in [0.4, 0.5) is 4.39 Å². The number of hydrogen-bond acceptors (Lipinski definition) is 3. The van der Waals surface area contributed by atoms with E-state index in [9.17, 15) is 17.6 Å². The number of carbonyl (C=O) groups is 1. The molecular weight excluding hydrogens is 243 g/mol. The summed E-state index contributed by atoms with van der Waals surface area (Å²) in [6.45, 7) is 1.60. The molecule has 1 aromatic carbocycles. The molecule has 0 bridgehead atoms. The SMILES string of the molecule is CC1C(=O)CCC1S(=O)(=O)c1ccccc1F. The summed E-state index contributed by atoms with van der Waals surface area (Å²) in [6.07, 6.45) is 0.552. The Balaban J connectivity index is 2.45. The van der Waals surface area contributed by atoms with Gasteiger partial charge in [-0.1, -0.05) is 19.1 Å². The Kier molecular flexibility index (Phi) is 3.03. The molecule has 2 rings (SSSR count). The molecule has 1 saturated carbocycles. The molecule has 0 aromatic heterocycles. The second kappa shape index (κ2) is 4.22. The van der Waals surface area contributed by atoms with Crippen LogP contribution in [-0.2, 0) is 14.6 Å². The molecule has 1 fully saturated rings. The topological polar surface area (TPSA) is 51.2 Å². The Morgan fingerprint density at radius 3 is 2.47 bits per heavy atom. The fourth-order valence-corrected chi connectivity index (χ4v) is 4.28. The Hall–Kier alpha value is -1.23. The Bertz CT molecular complexity index is 551. The van der Waals surface area contributed by atoms with Crippen LogP contribution in [0.3, 0.4) is 0 Å². The highest BCUT2D eigenvalue weighted by Crippen LogP contribution is 2.32. The van der Waals surface area contributed by atoms with Gasteiger partial charge in [0.1, 0.15) is 16.5 Å². The van der Waals surface area contributed by atoms with Gasteiger partial charge in [0.2, 0.25) is 0 Å². The average Bonchev–Trinajstić information content (AvgIpc) is 2.60. The Morgan fingerprint density at radius 1 is 1.29 bits per heavy atom. The van der Waals surface area contributed by atoms with Gasteiger partial charge >= 0.3 is 0 Å². The normalized spacial score (nSPS) is 25.2. The summed E-state index contributed by atoms with van der Waals surface area (Å²) in [5.74, 6) is -1.35. The van der Waals surface area contributed by atoms with E-state index in [1.165, 1.54) is 18.2 Å². The molecule has 0 saturated heterocycles. The molecule has 0 N–H and O–H groups in total. The molecule has 2 atom stereocenters. The van der Waals surface area contributed by atoms with Crippen molar-refractivity contribution in [2.45, 2.75) is 29.9 Å². The van der Waals surface area contributed by atoms with Gasteiger partial charge in [0.05, 0.1) is 5.25 Å². The van der Waals surface area contributed by atoms with Gasteiger partial charge in [-0.25, -0.2) is 12.8 Å². The van der Waals surface area contributed by atoms with Gasteiger partial charge in [-0.3, -0.25) is 4.79 Å². The highest BCUT2D eigenvalue weighted by molar-refractivity contribution is 7.92. The lowest BCUT2D eigenvalue weighted by Gasteiger charge is -2.15. The molecule has 0 radical (unpaired) electrons. The predicted octanol–water partition coefficient (Wildman–Crippen LogP) is 1.97. The zero-order valence-electron chi connectivity index (χ0n) is 9.39. The maximum Gasteiger partial charge on any atom is 0.184 e. The molecule has 1 aromatic rings. The molecule has 2 unspecified atom stereocenters.